The van der Waals surface area contributed by atoms with Gasteiger partial charge in [0.25, 0.3) is 0 Å². The summed E-state index contributed by atoms with van der Waals surface area (Å²) in [5.74, 6) is -0.263. The normalized spacial score (nSPS) is 49.7. The fourth-order valence-corrected chi connectivity index (χ4v) is 3.54. The van der Waals surface area contributed by atoms with E-state index in [2.05, 4.69) is 0 Å². The maximum atomic E-state index is 10.9. The molecule has 0 aromatic rings. The van der Waals surface area contributed by atoms with Crippen LogP contribution in [-0.4, -0.2) is 44.3 Å². The zero-order valence-electron chi connectivity index (χ0n) is 11.8. The minimum Gasteiger partial charge on any atom is -0.392 e. The van der Waals surface area contributed by atoms with Crippen molar-refractivity contribution < 1.29 is 20.4 Å². The average Bonchev–Trinajstić information content (AvgIpc) is 2.32. The molecular formula is C15H24O4. The number of aliphatic hydroxyl groups excluding tert-OH is 2. The lowest BCUT2D eigenvalue weighted by atomic mass is 9.48. The molecule has 0 aromatic heterocycles. The summed E-state index contributed by atoms with van der Waals surface area (Å²) in [6.45, 7) is 5.26. The third kappa shape index (κ3) is 2.17. The molecule has 0 spiro atoms. The van der Waals surface area contributed by atoms with Gasteiger partial charge in [-0.2, -0.15) is 0 Å². The molecule has 0 bridgehead atoms. The lowest BCUT2D eigenvalue weighted by Crippen LogP contribution is -2.69. The first-order valence-corrected chi connectivity index (χ1v) is 6.76. The van der Waals surface area contributed by atoms with Crippen LogP contribution in [-0.2, 0) is 0 Å². The highest BCUT2D eigenvalue weighted by atomic mass is 16.3. The van der Waals surface area contributed by atoms with Gasteiger partial charge in [-0.1, -0.05) is 32.1 Å². The molecule has 1 fully saturated rings. The third-order valence-electron chi connectivity index (χ3n) is 4.84. The second-order valence-electron chi connectivity index (χ2n) is 6.80. The van der Waals surface area contributed by atoms with Crippen molar-refractivity contribution in [2.45, 2.75) is 50.9 Å². The van der Waals surface area contributed by atoms with Crippen molar-refractivity contribution in [3.8, 4) is 0 Å². The zero-order chi connectivity index (χ0) is 14.5. The molecule has 4 N–H and O–H groups in total. The summed E-state index contributed by atoms with van der Waals surface area (Å²) in [6, 6.07) is 0. The molecule has 108 valence electrons. The van der Waals surface area contributed by atoms with Gasteiger partial charge in [0.05, 0.1) is 18.3 Å². The summed E-state index contributed by atoms with van der Waals surface area (Å²) < 4.78 is 0. The number of allylic oxidation sites excluding steroid dienone is 2. The van der Waals surface area contributed by atoms with Gasteiger partial charge < -0.3 is 20.4 Å². The highest BCUT2D eigenvalue weighted by molar-refractivity contribution is 5.30. The van der Waals surface area contributed by atoms with E-state index < -0.39 is 22.7 Å². The molecular weight excluding hydrogens is 244 g/mol. The van der Waals surface area contributed by atoms with Crippen molar-refractivity contribution in [2.75, 3.05) is 6.61 Å². The van der Waals surface area contributed by atoms with Crippen LogP contribution in [0.25, 0.3) is 0 Å². The molecule has 19 heavy (non-hydrogen) atoms. The van der Waals surface area contributed by atoms with Crippen molar-refractivity contribution in [3.05, 3.63) is 23.8 Å². The molecule has 0 saturated heterocycles. The minimum atomic E-state index is -1.31. The van der Waals surface area contributed by atoms with Crippen molar-refractivity contribution in [3.63, 3.8) is 0 Å². The molecule has 2 aliphatic rings. The Morgan fingerprint density at radius 1 is 1.21 bits per heavy atom. The van der Waals surface area contributed by atoms with Crippen LogP contribution in [0.1, 0.15) is 33.6 Å². The fraction of sp³-hybridized carbons (Fsp3) is 0.733. The minimum absolute atomic E-state index is 0.0759. The SMILES string of the molecule is CC1(C)C[C@@H]2/C(CO)=C\C=C/[C@@](C)(O)C[C@H](O)[C@]21O. The number of hydrogen-bond acceptors (Lipinski definition) is 4. The summed E-state index contributed by atoms with van der Waals surface area (Å²) in [6.07, 6.45) is 4.77. The van der Waals surface area contributed by atoms with E-state index in [0.717, 1.165) is 0 Å². The summed E-state index contributed by atoms with van der Waals surface area (Å²) >= 11 is 0. The molecule has 0 heterocycles. The molecule has 4 nitrogen and oxygen atoms in total. The Kier molecular flexibility index (Phi) is 3.42. The lowest BCUT2D eigenvalue weighted by Gasteiger charge is -2.61. The van der Waals surface area contributed by atoms with Gasteiger partial charge in [0.15, 0.2) is 0 Å². The lowest BCUT2D eigenvalue weighted by molar-refractivity contribution is -0.250. The van der Waals surface area contributed by atoms with Crippen molar-refractivity contribution in [1.29, 1.82) is 0 Å². The number of rotatable bonds is 1. The van der Waals surface area contributed by atoms with Gasteiger partial charge in [0.2, 0.25) is 0 Å². The van der Waals surface area contributed by atoms with Gasteiger partial charge in [-0.05, 0) is 24.3 Å². The van der Waals surface area contributed by atoms with Crippen molar-refractivity contribution in [2.24, 2.45) is 11.3 Å². The van der Waals surface area contributed by atoms with Crippen LogP contribution in [0.3, 0.4) is 0 Å². The Balaban J connectivity index is 2.45. The predicted molar refractivity (Wildman–Crippen MR) is 72.4 cm³/mol. The highest BCUT2D eigenvalue weighted by Crippen LogP contribution is 2.59. The molecule has 0 radical (unpaired) electrons. The average molecular weight is 268 g/mol. The number of aliphatic hydroxyl groups is 4. The van der Waals surface area contributed by atoms with E-state index in [4.69, 9.17) is 0 Å². The summed E-state index contributed by atoms with van der Waals surface area (Å²) in [4.78, 5) is 0. The molecule has 0 aliphatic heterocycles. The monoisotopic (exact) mass is 268 g/mol. The molecule has 1 saturated carbocycles. The Morgan fingerprint density at radius 2 is 1.84 bits per heavy atom. The first-order valence-electron chi connectivity index (χ1n) is 6.76. The van der Waals surface area contributed by atoms with Crippen LogP contribution in [0, 0.1) is 11.3 Å². The van der Waals surface area contributed by atoms with Crippen LogP contribution < -0.4 is 0 Å². The van der Waals surface area contributed by atoms with E-state index in [9.17, 15) is 20.4 Å². The number of hydrogen-bond donors (Lipinski definition) is 4. The van der Waals surface area contributed by atoms with Crippen LogP contribution in [0.2, 0.25) is 0 Å². The summed E-state index contributed by atoms with van der Waals surface area (Å²) in [5.41, 5.74) is -2.22. The predicted octanol–water partition coefficient (Wildman–Crippen LogP) is 0.754. The maximum absolute atomic E-state index is 10.9. The Bertz CT molecular complexity index is 422. The van der Waals surface area contributed by atoms with Gasteiger partial charge in [0.1, 0.15) is 5.60 Å². The summed E-state index contributed by atoms with van der Waals surface area (Å²) in [5, 5.41) is 41.0. The Labute approximate surface area is 114 Å². The Hall–Kier alpha value is -0.680. The second-order valence-corrected chi connectivity index (χ2v) is 6.80. The topological polar surface area (TPSA) is 80.9 Å². The van der Waals surface area contributed by atoms with Gasteiger partial charge in [0, 0.05) is 12.3 Å². The molecule has 0 aromatic carbocycles. The molecule has 2 rings (SSSR count). The largest absolute Gasteiger partial charge is 0.392 e. The van der Waals surface area contributed by atoms with Crippen LogP contribution in [0.5, 0.6) is 0 Å². The van der Waals surface area contributed by atoms with Gasteiger partial charge in [-0.15, -0.1) is 0 Å². The fourth-order valence-electron chi connectivity index (χ4n) is 3.54. The zero-order valence-corrected chi connectivity index (χ0v) is 11.8. The third-order valence-corrected chi connectivity index (χ3v) is 4.84. The molecule has 4 atom stereocenters. The van der Waals surface area contributed by atoms with Gasteiger partial charge in [-0.25, -0.2) is 0 Å². The quantitative estimate of drug-likeness (QED) is 0.566. The van der Waals surface area contributed by atoms with E-state index in [-0.39, 0.29) is 18.9 Å². The van der Waals surface area contributed by atoms with E-state index in [0.29, 0.717) is 12.0 Å². The van der Waals surface area contributed by atoms with Crippen LogP contribution in [0.15, 0.2) is 23.8 Å². The molecule has 0 unspecified atom stereocenters. The molecule has 2 aliphatic carbocycles. The van der Waals surface area contributed by atoms with Gasteiger partial charge in [-0.3, -0.25) is 0 Å². The smallest absolute Gasteiger partial charge is 0.102 e. The molecule has 0 amide bonds. The van der Waals surface area contributed by atoms with Crippen molar-refractivity contribution in [1.82, 2.24) is 0 Å². The first kappa shape index (κ1) is 14.7. The second kappa shape index (κ2) is 4.42. The van der Waals surface area contributed by atoms with E-state index in [1.807, 2.05) is 13.8 Å². The maximum Gasteiger partial charge on any atom is 0.102 e. The Morgan fingerprint density at radius 3 is 2.37 bits per heavy atom. The van der Waals surface area contributed by atoms with E-state index >= 15 is 0 Å². The van der Waals surface area contributed by atoms with Gasteiger partial charge >= 0.3 is 0 Å². The van der Waals surface area contributed by atoms with Crippen LogP contribution >= 0.6 is 0 Å². The van der Waals surface area contributed by atoms with E-state index in [1.165, 1.54) is 0 Å². The van der Waals surface area contributed by atoms with Crippen molar-refractivity contribution >= 4 is 0 Å². The number of fused-ring (bicyclic) bond motifs is 1. The standard InChI is InChI=1S/C15H24O4/c1-13(2)7-11-10(9-16)5-4-6-14(3,18)8-12(17)15(11,13)19/h4-6,11-12,16-19H,7-9H2,1-3H3/b6-4-,10-5-/t11-,12+,14-,15-/m1/s1. The first-order chi connectivity index (χ1) is 8.64. The summed E-state index contributed by atoms with van der Waals surface area (Å²) in [7, 11) is 0. The molecule has 4 heteroatoms. The van der Waals surface area contributed by atoms with E-state index in [1.54, 1.807) is 25.2 Å². The highest BCUT2D eigenvalue weighted by Gasteiger charge is 2.64. The van der Waals surface area contributed by atoms with Crippen LogP contribution in [0.4, 0.5) is 0 Å².